The van der Waals surface area contributed by atoms with Gasteiger partial charge in [0.05, 0.1) is 16.9 Å². The zero-order valence-corrected chi connectivity index (χ0v) is 17.1. The Hall–Kier alpha value is -2.65. The minimum Gasteiger partial charge on any atom is -0.385 e. The lowest BCUT2D eigenvalue weighted by atomic mass is 10.0. The molecule has 1 fully saturated rings. The highest BCUT2D eigenvalue weighted by Crippen LogP contribution is 2.38. The number of amidine groups is 1. The predicted octanol–water partition coefficient (Wildman–Crippen LogP) is 4.68. The van der Waals surface area contributed by atoms with Crippen molar-refractivity contribution < 1.29 is 22.3 Å². The molecule has 0 aromatic heterocycles. The first kappa shape index (κ1) is 21.6. The van der Waals surface area contributed by atoms with Gasteiger partial charge in [0.2, 0.25) is 0 Å². The van der Waals surface area contributed by atoms with Crippen molar-refractivity contribution in [2.75, 3.05) is 38.7 Å². The third-order valence-corrected chi connectivity index (χ3v) is 5.50. The van der Waals surface area contributed by atoms with Crippen LogP contribution in [0.2, 0.25) is 0 Å². The van der Waals surface area contributed by atoms with Crippen molar-refractivity contribution in [1.29, 1.82) is 0 Å². The van der Waals surface area contributed by atoms with Crippen LogP contribution in [0.4, 0.5) is 34.6 Å². The molecule has 5 nitrogen and oxygen atoms in total. The molecule has 4 rings (SSSR count). The lowest BCUT2D eigenvalue weighted by molar-refractivity contribution is -0.137. The number of halogens is 4. The number of piperazine rings is 1. The van der Waals surface area contributed by atoms with E-state index in [9.17, 15) is 17.6 Å². The van der Waals surface area contributed by atoms with Gasteiger partial charge in [-0.3, -0.25) is 0 Å². The first-order valence-corrected chi connectivity index (χ1v) is 10.2. The number of alkyl halides is 3. The molecule has 0 saturated carbocycles. The van der Waals surface area contributed by atoms with Crippen LogP contribution in [0.15, 0.2) is 41.4 Å². The van der Waals surface area contributed by atoms with E-state index in [1.54, 1.807) is 13.2 Å². The summed E-state index contributed by atoms with van der Waals surface area (Å²) < 4.78 is 59.3. The van der Waals surface area contributed by atoms with Crippen LogP contribution in [0.5, 0.6) is 0 Å². The van der Waals surface area contributed by atoms with Gasteiger partial charge < -0.3 is 20.3 Å². The molecule has 2 aliphatic heterocycles. The molecule has 166 valence electrons. The van der Waals surface area contributed by atoms with Crippen molar-refractivity contribution in [2.24, 2.45) is 4.99 Å². The summed E-state index contributed by atoms with van der Waals surface area (Å²) in [4.78, 5) is 6.62. The van der Waals surface area contributed by atoms with Crippen LogP contribution in [0, 0.1) is 5.82 Å². The van der Waals surface area contributed by atoms with Gasteiger partial charge in [-0.15, -0.1) is 0 Å². The number of rotatable bonds is 4. The molecule has 31 heavy (non-hydrogen) atoms. The maximum absolute atomic E-state index is 13.9. The molecule has 0 bridgehead atoms. The lowest BCUT2D eigenvalue weighted by Crippen LogP contribution is -2.52. The summed E-state index contributed by atoms with van der Waals surface area (Å²) in [6.07, 6.45) is -2.73. The van der Waals surface area contributed by atoms with Crippen molar-refractivity contribution in [2.45, 2.75) is 25.1 Å². The second-order valence-corrected chi connectivity index (χ2v) is 7.71. The van der Waals surface area contributed by atoms with Crippen molar-refractivity contribution in [3.63, 3.8) is 0 Å². The topological polar surface area (TPSA) is 48.9 Å². The molecule has 2 aromatic rings. The van der Waals surface area contributed by atoms with Gasteiger partial charge in [-0.05, 0) is 43.2 Å². The molecule has 2 aliphatic rings. The summed E-state index contributed by atoms with van der Waals surface area (Å²) in [5.74, 6) is -0.0421. The maximum Gasteiger partial charge on any atom is 0.416 e. The smallest absolute Gasteiger partial charge is 0.385 e. The van der Waals surface area contributed by atoms with Gasteiger partial charge >= 0.3 is 6.18 Å². The van der Waals surface area contributed by atoms with E-state index >= 15 is 0 Å². The molecule has 9 heteroatoms. The average Bonchev–Trinajstić information content (AvgIpc) is 2.89. The van der Waals surface area contributed by atoms with Crippen LogP contribution in [-0.2, 0) is 10.9 Å². The van der Waals surface area contributed by atoms with E-state index in [4.69, 9.17) is 4.74 Å². The van der Waals surface area contributed by atoms with Crippen molar-refractivity contribution >= 4 is 22.9 Å². The molecule has 1 saturated heterocycles. The van der Waals surface area contributed by atoms with Crippen LogP contribution in [0.1, 0.15) is 24.0 Å². The van der Waals surface area contributed by atoms with Gasteiger partial charge in [0.25, 0.3) is 0 Å². The van der Waals surface area contributed by atoms with E-state index in [0.717, 1.165) is 25.0 Å². The highest BCUT2D eigenvalue weighted by atomic mass is 19.4. The van der Waals surface area contributed by atoms with E-state index in [-0.39, 0.29) is 6.04 Å². The summed E-state index contributed by atoms with van der Waals surface area (Å²) in [5, 5.41) is 6.57. The van der Waals surface area contributed by atoms with E-state index in [0.29, 0.717) is 54.7 Å². The van der Waals surface area contributed by atoms with Gasteiger partial charge in [0, 0.05) is 56.7 Å². The molecule has 2 N–H and O–H groups in total. The average molecular weight is 436 g/mol. The zero-order chi connectivity index (χ0) is 22.0. The van der Waals surface area contributed by atoms with E-state index in [2.05, 4.69) is 15.6 Å². The molecule has 0 amide bonds. The van der Waals surface area contributed by atoms with Gasteiger partial charge in [0.1, 0.15) is 11.7 Å². The Balaban J connectivity index is 1.74. The Bertz CT molecular complexity index is 976. The van der Waals surface area contributed by atoms with Crippen LogP contribution < -0.4 is 10.6 Å². The van der Waals surface area contributed by atoms with Crippen LogP contribution in [-0.4, -0.2) is 50.1 Å². The highest BCUT2D eigenvalue weighted by Gasteiger charge is 2.33. The number of aliphatic imine (C=N–C) groups is 1. The van der Waals surface area contributed by atoms with Gasteiger partial charge in [-0.2, -0.15) is 13.2 Å². The number of nitrogens with zero attached hydrogens (tertiary/aromatic N) is 2. The molecule has 1 unspecified atom stereocenters. The second-order valence-electron chi connectivity index (χ2n) is 7.71. The number of methoxy groups -OCH3 is 1. The highest BCUT2D eigenvalue weighted by molar-refractivity contribution is 6.08. The molecule has 0 aliphatic carbocycles. The van der Waals surface area contributed by atoms with Crippen molar-refractivity contribution in [3.8, 4) is 0 Å². The van der Waals surface area contributed by atoms with E-state index in [1.807, 2.05) is 4.90 Å². The number of benzene rings is 2. The first-order chi connectivity index (χ1) is 14.8. The Morgan fingerprint density at radius 3 is 2.74 bits per heavy atom. The monoisotopic (exact) mass is 436 g/mol. The third-order valence-electron chi connectivity index (χ3n) is 5.50. The fraction of sp³-hybridized carbons (Fsp3) is 0.409. The maximum atomic E-state index is 13.9. The minimum absolute atomic E-state index is 0.157. The second kappa shape index (κ2) is 8.84. The number of ether oxygens (including phenoxy) is 1. The van der Waals surface area contributed by atoms with Crippen molar-refractivity contribution in [1.82, 2.24) is 10.2 Å². The largest absolute Gasteiger partial charge is 0.416 e. The first-order valence-electron chi connectivity index (χ1n) is 10.2. The van der Waals surface area contributed by atoms with Gasteiger partial charge in [-0.25, -0.2) is 9.38 Å². The summed E-state index contributed by atoms with van der Waals surface area (Å²) in [5.41, 5.74) is 1.01. The zero-order valence-electron chi connectivity index (χ0n) is 17.1. The minimum atomic E-state index is -4.47. The Morgan fingerprint density at radius 1 is 1.16 bits per heavy atom. The van der Waals surface area contributed by atoms with Gasteiger partial charge in [0.15, 0.2) is 0 Å². The predicted molar refractivity (Wildman–Crippen MR) is 112 cm³/mol. The number of hydrogen-bond donors (Lipinski definition) is 2. The summed E-state index contributed by atoms with van der Waals surface area (Å²) in [6, 6.07) is 7.86. The SMILES string of the molecule is COCCCC1CN(C2=Nc3cc(F)ccc3Nc3ccc(C(F)(F)F)cc32)CCN1. The van der Waals surface area contributed by atoms with Crippen LogP contribution in [0.3, 0.4) is 0 Å². The fourth-order valence-corrected chi connectivity index (χ4v) is 3.96. The summed E-state index contributed by atoms with van der Waals surface area (Å²) in [7, 11) is 1.65. The third kappa shape index (κ3) is 4.83. The molecule has 0 radical (unpaired) electrons. The molecule has 1 atom stereocenters. The van der Waals surface area contributed by atoms with Crippen LogP contribution in [0.25, 0.3) is 0 Å². The Kier molecular flexibility index (Phi) is 6.15. The quantitative estimate of drug-likeness (QED) is 0.540. The summed E-state index contributed by atoms with van der Waals surface area (Å²) in [6.45, 7) is 2.49. The number of nitrogens with one attached hydrogen (secondary N) is 2. The Labute approximate surface area is 178 Å². The Morgan fingerprint density at radius 2 is 1.97 bits per heavy atom. The summed E-state index contributed by atoms with van der Waals surface area (Å²) >= 11 is 0. The molecular formula is C22H24F4N4O. The van der Waals surface area contributed by atoms with E-state index < -0.39 is 17.6 Å². The molecule has 2 aromatic carbocycles. The van der Waals surface area contributed by atoms with E-state index in [1.165, 1.54) is 18.2 Å². The molecule has 0 spiro atoms. The molecular weight excluding hydrogens is 412 g/mol. The number of anilines is 2. The lowest BCUT2D eigenvalue weighted by Gasteiger charge is -2.36. The number of fused-ring (bicyclic) bond motifs is 2. The number of hydrogen-bond acceptors (Lipinski definition) is 5. The normalized spacial score (nSPS) is 18.5. The standard InChI is InChI=1S/C22H24F4N4O/c1-31-10-2-3-16-13-30(9-8-27-16)21-17-11-14(22(24,25)26)4-6-18(17)28-19-7-5-15(23)12-20(19)29-21/h4-7,11-12,16,27-28H,2-3,8-10,13H2,1H3. The fourth-order valence-electron chi connectivity index (χ4n) is 3.96. The molecule has 2 heterocycles. The van der Waals surface area contributed by atoms with Crippen LogP contribution >= 0.6 is 0 Å². The van der Waals surface area contributed by atoms with Crippen molar-refractivity contribution in [3.05, 3.63) is 53.3 Å². The van der Waals surface area contributed by atoms with Gasteiger partial charge in [-0.1, -0.05) is 0 Å².